The molecule has 0 bridgehead atoms. The lowest BCUT2D eigenvalue weighted by Gasteiger charge is -2.66. The fourth-order valence-electron chi connectivity index (χ4n) is 16.2. The lowest BCUT2D eigenvalue weighted by Crippen LogP contribution is -2.75. The summed E-state index contributed by atoms with van der Waals surface area (Å²) in [5.74, 6) is -1.49. The van der Waals surface area contributed by atoms with Gasteiger partial charge in [0.15, 0.2) is 31.5 Å². The molecule has 29 atom stereocenters. The smallest absolute Gasteiger partial charge is 0.330 e. The highest BCUT2D eigenvalue weighted by atomic mass is 16.8. The molecule has 9 rings (SSSR count). The van der Waals surface area contributed by atoms with E-state index < -0.39 is 182 Å². The third-order valence-electron chi connectivity index (χ3n) is 21.5. The van der Waals surface area contributed by atoms with E-state index in [-0.39, 0.29) is 37.1 Å². The highest BCUT2D eigenvalue weighted by Crippen LogP contribution is 2.70. The van der Waals surface area contributed by atoms with Gasteiger partial charge in [0.05, 0.1) is 61.5 Å². The van der Waals surface area contributed by atoms with Crippen molar-refractivity contribution in [2.24, 2.45) is 28.6 Å². The number of carbonyl (C=O) groups is 2. The molecule has 486 valence electrons. The van der Waals surface area contributed by atoms with Crippen LogP contribution in [0.25, 0.3) is 0 Å². The molecule has 0 aromatic heterocycles. The quantitative estimate of drug-likeness (QED) is 0.0608. The van der Waals surface area contributed by atoms with Crippen LogP contribution in [0.3, 0.4) is 0 Å². The molecule has 6 N–H and O–H groups in total. The number of Topliss-reactive ketones (excluding diaryl/α,β-unsaturated/α-hetero) is 1. The molecule has 8 fully saturated rings. The summed E-state index contributed by atoms with van der Waals surface area (Å²) < 4.78 is 94.5. The van der Waals surface area contributed by atoms with Crippen molar-refractivity contribution in [3.05, 3.63) is 23.3 Å². The molecule has 23 heteroatoms. The van der Waals surface area contributed by atoms with Crippen LogP contribution in [0.2, 0.25) is 0 Å². The fraction of sp³-hybridized carbons (Fsp3) is 0.903. The lowest BCUT2D eigenvalue weighted by molar-refractivity contribution is -0.358. The Morgan fingerprint density at radius 1 is 0.647 bits per heavy atom. The normalized spacial score (nSPS) is 49.5. The van der Waals surface area contributed by atoms with Crippen molar-refractivity contribution in [2.45, 2.75) is 292 Å². The summed E-state index contributed by atoms with van der Waals surface area (Å²) in [6, 6.07) is 0. The third-order valence-corrected chi connectivity index (χ3v) is 21.5. The zero-order valence-electron chi connectivity index (χ0n) is 52.3. The van der Waals surface area contributed by atoms with Gasteiger partial charge in [0.25, 0.3) is 0 Å². The van der Waals surface area contributed by atoms with E-state index in [1.807, 2.05) is 48.5 Å². The summed E-state index contributed by atoms with van der Waals surface area (Å²) in [5.41, 5.74) is -2.98. The summed E-state index contributed by atoms with van der Waals surface area (Å²) in [5, 5.41) is 66.9. The molecule has 5 saturated heterocycles. The Kier molecular flexibility index (Phi) is 21.3. The van der Waals surface area contributed by atoms with E-state index in [1.54, 1.807) is 28.3 Å². The van der Waals surface area contributed by atoms with E-state index in [4.69, 9.17) is 71.1 Å². The van der Waals surface area contributed by atoms with Crippen molar-refractivity contribution in [1.82, 2.24) is 0 Å². The van der Waals surface area contributed by atoms with Crippen molar-refractivity contribution in [2.75, 3.05) is 35.0 Å². The molecular weight excluding hydrogens is 1110 g/mol. The number of aliphatic hydroxyl groups is 6. The largest absolute Gasteiger partial charge is 0.458 e. The maximum Gasteiger partial charge on any atom is 0.330 e. The molecule has 85 heavy (non-hydrogen) atoms. The number of methoxy groups -OCH3 is 4. The minimum absolute atomic E-state index is 0.0852. The molecule has 5 aliphatic heterocycles. The zero-order valence-corrected chi connectivity index (χ0v) is 52.3. The SMILES string of the molecule is CO[C@H]1C[C@H](O[C@H]2CC[C@@]3(C)C(=CC[C@]4(O)[C@@H]3C[C@@H](OC(=O)/C=C(\C)C(C)C)[C@]3(C)[C@H](C(C)=O)CC[C@@]34O)C2)O[C@H](C)[C@H]1O[C@H]1C[C@H](OC)[C@H](O[C@H]2C[C@@H](OC)[C@H](O[C@H]3C[C@H](OC)[C@H](O[C@@H]4O[C@H](CO)[C@@H](O)[C@H](O)[C@H]4O)[C@@H](C)O3)[C@@H](C)O2)[C@@H](C)O1. The Hall–Kier alpha value is -2.18. The van der Waals surface area contributed by atoms with E-state index in [2.05, 4.69) is 13.0 Å². The molecule has 3 saturated carbocycles. The van der Waals surface area contributed by atoms with E-state index in [1.165, 1.54) is 20.1 Å². The van der Waals surface area contributed by atoms with Gasteiger partial charge in [-0.1, -0.05) is 44.9 Å². The number of hydrogen-bond acceptors (Lipinski definition) is 23. The summed E-state index contributed by atoms with van der Waals surface area (Å²) in [7, 11) is 6.38. The monoisotopic (exact) mass is 1210 g/mol. The van der Waals surface area contributed by atoms with Crippen LogP contribution < -0.4 is 0 Å². The van der Waals surface area contributed by atoms with Crippen molar-refractivity contribution in [3.8, 4) is 0 Å². The summed E-state index contributed by atoms with van der Waals surface area (Å²) in [4.78, 5) is 26.9. The first-order valence-corrected chi connectivity index (χ1v) is 31.0. The second-order valence-electron chi connectivity index (χ2n) is 26.6. The van der Waals surface area contributed by atoms with Crippen LogP contribution in [-0.4, -0.2) is 230 Å². The van der Waals surface area contributed by atoms with Gasteiger partial charge in [0.1, 0.15) is 71.9 Å². The first-order valence-electron chi connectivity index (χ1n) is 31.0. The first-order chi connectivity index (χ1) is 40.2. The minimum Gasteiger partial charge on any atom is -0.458 e. The molecular formula is C62H100O23. The number of fused-ring (bicyclic) bond motifs is 5. The fourth-order valence-corrected chi connectivity index (χ4v) is 16.2. The van der Waals surface area contributed by atoms with Gasteiger partial charge in [-0.3, -0.25) is 4.79 Å². The van der Waals surface area contributed by atoms with Crippen LogP contribution in [0.15, 0.2) is 23.3 Å². The van der Waals surface area contributed by atoms with Crippen LogP contribution in [0.1, 0.15) is 140 Å². The molecule has 4 aliphatic carbocycles. The van der Waals surface area contributed by atoms with Gasteiger partial charge < -0.3 is 102 Å². The van der Waals surface area contributed by atoms with Gasteiger partial charge in [0.2, 0.25) is 0 Å². The molecule has 0 amide bonds. The second-order valence-corrected chi connectivity index (χ2v) is 26.6. The lowest BCUT2D eigenvalue weighted by atomic mass is 9.43. The predicted molar refractivity (Wildman–Crippen MR) is 300 cm³/mol. The Morgan fingerprint density at radius 2 is 1.12 bits per heavy atom. The van der Waals surface area contributed by atoms with Crippen molar-refractivity contribution < 1.29 is 111 Å². The van der Waals surface area contributed by atoms with Gasteiger partial charge in [-0.25, -0.2) is 4.79 Å². The predicted octanol–water partition coefficient (Wildman–Crippen LogP) is 3.83. The molecule has 0 aromatic rings. The van der Waals surface area contributed by atoms with E-state index in [0.717, 1.165) is 11.1 Å². The number of ketones is 1. The van der Waals surface area contributed by atoms with E-state index in [9.17, 15) is 40.2 Å². The Balaban J connectivity index is 0.773. The number of carbonyl (C=O) groups excluding carboxylic acids is 2. The number of hydrogen-bond donors (Lipinski definition) is 6. The van der Waals surface area contributed by atoms with Gasteiger partial charge in [0, 0.05) is 77.4 Å². The number of esters is 1. The van der Waals surface area contributed by atoms with E-state index in [0.29, 0.717) is 51.4 Å². The second kappa shape index (κ2) is 27.0. The van der Waals surface area contributed by atoms with Crippen LogP contribution in [0.5, 0.6) is 0 Å². The maximum absolute atomic E-state index is 13.6. The molecule has 0 unspecified atom stereocenters. The average Bonchev–Trinajstić information content (AvgIpc) is 1.65. The van der Waals surface area contributed by atoms with Crippen molar-refractivity contribution in [3.63, 3.8) is 0 Å². The first kappa shape index (κ1) is 67.2. The minimum atomic E-state index is -1.68. The van der Waals surface area contributed by atoms with E-state index >= 15 is 0 Å². The van der Waals surface area contributed by atoms with Crippen LogP contribution in [0.4, 0.5) is 0 Å². The number of allylic oxidation sites excluding steroid dienone is 1. The Bertz CT molecular complexity index is 2340. The Morgan fingerprint density at radius 3 is 1.56 bits per heavy atom. The third kappa shape index (κ3) is 12.8. The van der Waals surface area contributed by atoms with Gasteiger partial charge in [-0.15, -0.1) is 0 Å². The van der Waals surface area contributed by atoms with Crippen molar-refractivity contribution in [1.29, 1.82) is 0 Å². The molecule has 0 radical (unpaired) electrons. The van der Waals surface area contributed by atoms with Gasteiger partial charge >= 0.3 is 5.97 Å². The summed E-state index contributed by atoms with van der Waals surface area (Å²) in [6.45, 7) is 18.3. The molecule has 0 aromatic carbocycles. The molecule has 23 nitrogen and oxygen atoms in total. The number of aliphatic hydroxyl groups excluding tert-OH is 4. The van der Waals surface area contributed by atoms with Crippen LogP contribution >= 0.6 is 0 Å². The number of ether oxygens (including phenoxy) is 15. The summed E-state index contributed by atoms with van der Waals surface area (Å²) in [6.07, 6.45) is -9.60. The number of rotatable bonds is 19. The maximum atomic E-state index is 13.6. The molecule has 5 heterocycles. The van der Waals surface area contributed by atoms with Gasteiger partial charge in [-0.2, -0.15) is 0 Å². The van der Waals surface area contributed by atoms with Gasteiger partial charge in [-0.05, 0) is 97.8 Å². The van der Waals surface area contributed by atoms with Crippen LogP contribution in [0, 0.1) is 28.6 Å². The summed E-state index contributed by atoms with van der Waals surface area (Å²) >= 11 is 0. The highest BCUT2D eigenvalue weighted by Gasteiger charge is 2.77. The standard InChI is InChI=1S/C62H100O23/c1-29(2)30(3)21-46(65)81-45-27-44-59(9)18-16-37(22-36(59)15-19-61(44,69)62(70)20-17-38(31(4)64)60(45,62)10)79-47-23-39(71-11)54(32(5)75-47)82-48-24-40(72-12)55(33(6)76-48)83-49-25-41(73-13)56(34(7)77-49)84-50-26-42(74-14)57(35(8)78-50)85-58-53(68)52(67)51(66)43(28-63)80-58/h15,21,29,32-35,37-45,47-58,63,66-70H,16-20,22-28H2,1-14H3/b30-21+/t32-,33-,34-,35-,37+,38+,39+,40+,41-,42+,43-,44-,45-,47+,48+,49+,50+,51-,52+,53-,54-,55-,56-,57-,58+,59+,60+,61+,62-/m1/s1. The molecule has 9 aliphatic rings. The Labute approximate surface area is 500 Å². The highest BCUT2D eigenvalue weighted by molar-refractivity contribution is 5.83. The van der Waals surface area contributed by atoms with Crippen molar-refractivity contribution >= 4 is 11.8 Å². The molecule has 0 spiro atoms. The van der Waals surface area contributed by atoms with Crippen LogP contribution in [-0.2, 0) is 80.6 Å². The zero-order chi connectivity index (χ0) is 61.8. The topological polar surface area (TPSA) is 294 Å². The average molecular weight is 1210 g/mol.